The fraction of sp³-hybridized carbons (Fsp3) is 0.267. The topological polar surface area (TPSA) is 102 Å². The van der Waals surface area contributed by atoms with Crippen molar-refractivity contribution in [1.29, 1.82) is 0 Å². The number of amides is 1. The van der Waals surface area contributed by atoms with E-state index in [1.165, 1.54) is 0 Å². The van der Waals surface area contributed by atoms with Crippen LogP contribution in [0.2, 0.25) is 0 Å². The number of benzene rings is 1. The Hall–Kier alpha value is -2.83. The summed E-state index contributed by atoms with van der Waals surface area (Å²) in [5.74, 6) is -0.0207. The van der Waals surface area contributed by atoms with Gasteiger partial charge in [-0.25, -0.2) is 0 Å². The molecular formula is C15H16N2O5. The molecule has 116 valence electrons. The molecule has 1 amide bonds. The summed E-state index contributed by atoms with van der Waals surface area (Å²) in [4.78, 5) is 22.2. The monoisotopic (exact) mass is 304 g/mol. The Kier molecular flexibility index (Phi) is 5.13. The highest BCUT2D eigenvalue weighted by molar-refractivity contribution is 6.02. The first-order valence-corrected chi connectivity index (χ1v) is 6.74. The van der Waals surface area contributed by atoms with Gasteiger partial charge in [0.25, 0.3) is 5.91 Å². The summed E-state index contributed by atoms with van der Waals surface area (Å²) >= 11 is 0. The second kappa shape index (κ2) is 7.26. The summed E-state index contributed by atoms with van der Waals surface area (Å²) in [7, 11) is 0. The maximum Gasteiger partial charge on any atom is 0.303 e. The number of rotatable bonds is 7. The molecule has 0 saturated carbocycles. The lowest BCUT2D eigenvalue weighted by Crippen LogP contribution is -2.12. The molecule has 0 spiro atoms. The van der Waals surface area contributed by atoms with Crippen molar-refractivity contribution in [3.05, 3.63) is 41.8 Å². The lowest BCUT2D eigenvalue weighted by Gasteiger charge is -2.07. The molecule has 22 heavy (non-hydrogen) atoms. The highest BCUT2D eigenvalue weighted by Crippen LogP contribution is 2.17. The van der Waals surface area contributed by atoms with Crippen molar-refractivity contribution in [1.82, 2.24) is 5.16 Å². The molecule has 1 aromatic heterocycles. The number of hydrogen-bond acceptors (Lipinski definition) is 5. The van der Waals surface area contributed by atoms with E-state index in [9.17, 15) is 9.59 Å². The zero-order valence-corrected chi connectivity index (χ0v) is 12.0. The first kappa shape index (κ1) is 15.6. The fourth-order valence-corrected chi connectivity index (χ4v) is 1.72. The molecule has 2 N–H and O–H groups in total. The average molecular weight is 304 g/mol. The summed E-state index contributed by atoms with van der Waals surface area (Å²) in [6, 6.07) is 8.33. The molecule has 0 aliphatic heterocycles. The van der Waals surface area contributed by atoms with Gasteiger partial charge in [-0.05, 0) is 37.6 Å². The molecule has 2 aromatic rings. The smallest absolute Gasteiger partial charge is 0.303 e. The fourth-order valence-electron chi connectivity index (χ4n) is 1.72. The molecule has 0 fully saturated rings. The number of aromatic nitrogens is 1. The molecule has 0 atom stereocenters. The Balaban J connectivity index is 1.84. The van der Waals surface area contributed by atoms with Crippen molar-refractivity contribution in [2.45, 2.75) is 19.8 Å². The third-order valence-corrected chi connectivity index (χ3v) is 2.78. The van der Waals surface area contributed by atoms with Crippen molar-refractivity contribution < 1.29 is 24.0 Å². The molecule has 0 bridgehead atoms. The number of anilines is 1. The lowest BCUT2D eigenvalue weighted by atomic mass is 10.3. The second-order valence-electron chi connectivity index (χ2n) is 4.65. The third kappa shape index (κ3) is 4.62. The van der Waals surface area contributed by atoms with Crippen LogP contribution in [0.1, 0.15) is 29.1 Å². The summed E-state index contributed by atoms with van der Waals surface area (Å²) in [6.07, 6.45) is 0.518. The molecule has 0 unspecified atom stereocenters. The van der Waals surface area contributed by atoms with Gasteiger partial charge in [0.1, 0.15) is 11.5 Å². The van der Waals surface area contributed by atoms with Crippen LogP contribution >= 0.6 is 0 Å². The van der Waals surface area contributed by atoms with Gasteiger partial charge >= 0.3 is 5.97 Å². The summed E-state index contributed by atoms with van der Waals surface area (Å²) in [5, 5.41) is 14.8. The Morgan fingerprint density at radius 1 is 1.32 bits per heavy atom. The predicted octanol–water partition coefficient (Wildman–Crippen LogP) is 2.48. The van der Waals surface area contributed by atoms with Gasteiger partial charge in [-0.3, -0.25) is 9.59 Å². The van der Waals surface area contributed by atoms with Crippen LogP contribution in [0.25, 0.3) is 0 Å². The number of aliphatic carboxylic acids is 1. The highest BCUT2D eigenvalue weighted by Gasteiger charge is 2.10. The van der Waals surface area contributed by atoms with Gasteiger partial charge in [-0.1, -0.05) is 5.16 Å². The van der Waals surface area contributed by atoms with E-state index >= 15 is 0 Å². The van der Waals surface area contributed by atoms with Crippen molar-refractivity contribution >= 4 is 17.6 Å². The number of nitrogens with zero attached hydrogens (tertiary/aromatic N) is 1. The van der Waals surface area contributed by atoms with Crippen LogP contribution in [-0.4, -0.2) is 28.7 Å². The molecule has 0 aliphatic rings. The third-order valence-electron chi connectivity index (χ3n) is 2.78. The Bertz CT molecular complexity index is 648. The number of hydrogen-bond donors (Lipinski definition) is 2. The molecule has 0 aliphatic carbocycles. The van der Waals surface area contributed by atoms with Gasteiger partial charge < -0.3 is 19.7 Å². The van der Waals surface area contributed by atoms with Gasteiger partial charge in [0.05, 0.1) is 6.61 Å². The van der Waals surface area contributed by atoms with Crippen molar-refractivity contribution in [3.8, 4) is 5.75 Å². The second-order valence-corrected chi connectivity index (χ2v) is 4.65. The molecule has 1 heterocycles. The molecule has 7 heteroatoms. The molecule has 0 saturated heterocycles. The summed E-state index contributed by atoms with van der Waals surface area (Å²) in [5.41, 5.74) is 0.815. The van der Waals surface area contributed by atoms with Gasteiger partial charge in [0.15, 0.2) is 5.69 Å². The number of carbonyl (C=O) groups excluding carboxylic acids is 1. The quantitative estimate of drug-likeness (QED) is 0.762. The molecule has 1 aromatic carbocycles. The Morgan fingerprint density at radius 2 is 2.05 bits per heavy atom. The van der Waals surface area contributed by atoms with Crippen LogP contribution < -0.4 is 10.1 Å². The largest absolute Gasteiger partial charge is 0.494 e. The molecule has 7 nitrogen and oxygen atoms in total. The van der Waals surface area contributed by atoms with Crippen LogP contribution in [0.5, 0.6) is 5.75 Å². The van der Waals surface area contributed by atoms with Crippen molar-refractivity contribution in [2.24, 2.45) is 0 Å². The zero-order valence-electron chi connectivity index (χ0n) is 12.0. The minimum atomic E-state index is -0.843. The van der Waals surface area contributed by atoms with Crippen molar-refractivity contribution in [3.63, 3.8) is 0 Å². The number of carboxylic acid groups (broad SMARTS) is 1. The summed E-state index contributed by atoms with van der Waals surface area (Å²) in [6.45, 7) is 2.04. The first-order chi connectivity index (χ1) is 10.5. The minimum Gasteiger partial charge on any atom is -0.494 e. The van der Waals surface area contributed by atoms with E-state index in [-0.39, 0.29) is 18.0 Å². The first-order valence-electron chi connectivity index (χ1n) is 6.74. The molecule has 0 radical (unpaired) electrons. The van der Waals surface area contributed by atoms with E-state index in [4.69, 9.17) is 14.4 Å². The maximum absolute atomic E-state index is 11.9. The van der Waals surface area contributed by atoms with E-state index < -0.39 is 5.97 Å². The Morgan fingerprint density at radius 3 is 2.64 bits per heavy atom. The minimum absolute atomic E-state index is 0.0747. The highest BCUT2D eigenvalue weighted by atomic mass is 16.5. The van der Waals surface area contributed by atoms with Gasteiger partial charge in [-0.15, -0.1) is 0 Å². The van der Waals surface area contributed by atoms with Crippen LogP contribution in [0.4, 0.5) is 5.69 Å². The van der Waals surface area contributed by atoms with E-state index in [0.717, 1.165) is 0 Å². The van der Waals surface area contributed by atoms with Crippen LogP contribution in [0.15, 0.2) is 34.9 Å². The number of ether oxygens (including phenoxy) is 1. The van der Waals surface area contributed by atoms with Gasteiger partial charge in [-0.2, -0.15) is 0 Å². The van der Waals surface area contributed by atoms with Crippen LogP contribution in [0.3, 0.4) is 0 Å². The molecule has 2 rings (SSSR count). The predicted molar refractivity (Wildman–Crippen MR) is 78.0 cm³/mol. The van der Waals surface area contributed by atoms with Gasteiger partial charge in [0.2, 0.25) is 0 Å². The van der Waals surface area contributed by atoms with Crippen LogP contribution in [0, 0.1) is 6.92 Å². The average Bonchev–Trinajstić information content (AvgIpc) is 2.92. The zero-order chi connectivity index (χ0) is 15.9. The molecular weight excluding hydrogens is 288 g/mol. The van der Waals surface area contributed by atoms with E-state index in [0.29, 0.717) is 30.2 Å². The summed E-state index contributed by atoms with van der Waals surface area (Å²) < 4.78 is 10.2. The Labute approximate surface area is 126 Å². The van der Waals surface area contributed by atoms with E-state index in [1.807, 2.05) is 0 Å². The number of carbonyl (C=O) groups is 2. The maximum atomic E-state index is 11.9. The standard InChI is InChI=1S/C15H16N2O5/c1-10-9-13(17-22-10)15(20)16-11-4-6-12(7-5-11)21-8-2-3-14(18)19/h4-7,9H,2-3,8H2,1H3,(H,16,20)(H,18,19). The lowest BCUT2D eigenvalue weighted by molar-refractivity contribution is -0.137. The van der Waals surface area contributed by atoms with E-state index in [2.05, 4.69) is 10.5 Å². The van der Waals surface area contributed by atoms with Crippen molar-refractivity contribution in [2.75, 3.05) is 11.9 Å². The number of carboxylic acids is 1. The SMILES string of the molecule is Cc1cc(C(=O)Nc2ccc(OCCCC(=O)O)cc2)no1. The number of nitrogens with one attached hydrogen (secondary N) is 1. The number of aryl methyl sites for hydroxylation is 1. The van der Waals surface area contributed by atoms with Crippen LogP contribution in [-0.2, 0) is 4.79 Å². The van der Waals surface area contributed by atoms with Gasteiger partial charge in [0, 0.05) is 18.2 Å². The normalized spacial score (nSPS) is 10.2. The van der Waals surface area contributed by atoms with E-state index in [1.54, 1.807) is 37.3 Å².